The topological polar surface area (TPSA) is 20.2 Å². The fourth-order valence-electron chi connectivity index (χ4n) is 1.46. The van der Waals surface area contributed by atoms with Gasteiger partial charge in [0.05, 0.1) is 6.61 Å². The molecule has 1 heterocycles. The minimum absolute atomic E-state index is 0.0430. The third kappa shape index (κ3) is 1.65. The van der Waals surface area contributed by atoms with E-state index in [2.05, 4.69) is 5.38 Å². The van der Waals surface area contributed by atoms with Crippen molar-refractivity contribution < 1.29 is 5.11 Å². The van der Waals surface area contributed by atoms with Gasteiger partial charge in [-0.1, -0.05) is 11.6 Å². The second kappa shape index (κ2) is 4.11. The monoisotopic (exact) mass is 244 g/mol. The van der Waals surface area contributed by atoms with E-state index in [-0.39, 0.29) is 6.61 Å². The van der Waals surface area contributed by atoms with Crippen LogP contribution in [0.25, 0.3) is 10.1 Å². The van der Waals surface area contributed by atoms with Gasteiger partial charge in [-0.05, 0) is 24.0 Å². The average molecular weight is 245 g/mol. The summed E-state index contributed by atoms with van der Waals surface area (Å²) in [5, 5.41) is 13.2. The molecule has 0 spiro atoms. The van der Waals surface area contributed by atoms with Crippen molar-refractivity contribution in [1.29, 1.82) is 0 Å². The molecule has 14 heavy (non-hydrogen) atoms. The molecule has 1 aromatic heterocycles. The summed E-state index contributed by atoms with van der Waals surface area (Å²) in [6.45, 7) is 0.0430. The van der Waals surface area contributed by atoms with E-state index in [9.17, 15) is 5.11 Å². The van der Waals surface area contributed by atoms with Crippen LogP contribution in [0, 0.1) is 0 Å². The Morgan fingerprint density at radius 2 is 2.29 bits per heavy atom. The summed E-state index contributed by atoms with van der Waals surface area (Å²) >= 11 is 9.31. The molecule has 0 fully saturated rings. The molecule has 0 aliphatic carbocycles. The number of halogens is 1. The zero-order chi connectivity index (χ0) is 10.1. The predicted molar refractivity (Wildman–Crippen MR) is 64.5 cm³/mol. The highest BCUT2D eigenvalue weighted by Crippen LogP contribution is 2.36. The normalized spacial score (nSPS) is 11.1. The summed E-state index contributed by atoms with van der Waals surface area (Å²) in [6, 6.07) is 3.77. The minimum atomic E-state index is 0.0430. The maximum absolute atomic E-state index is 9.24. The summed E-state index contributed by atoms with van der Waals surface area (Å²) in [7, 11) is 0. The Labute approximate surface area is 95.7 Å². The molecule has 0 bridgehead atoms. The zero-order valence-corrected chi connectivity index (χ0v) is 9.97. The highest BCUT2D eigenvalue weighted by molar-refractivity contribution is 7.99. The first-order valence-electron chi connectivity index (χ1n) is 4.10. The number of aliphatic hydroxyl groups excluding tert-OH is 1. The standard InChI is InChI=1S/C10H9ClOS2/c1-13-9-5-14-8-3-7(11)2-6(4-12)10(8)9/h2-3,5,12H,4H2,1H3. The number of hydrogen-bond donors (Lipinski definition) is 1. The Hall–Kier alpha value is -0.220. The van der Waals surface area contributed by atoms with Gasteiger partial charge >= 0.3 is 0 Å². The van der Waals surface area contributed by atoms with Crippen LogP contribution in [-0.2, 0) is 6.61 Å². The smallest absolute Gasteiger partial charge is 0.0689 e. The number of aliphatic hydroxyl groups is 1. The van der Waals surface area contributed by atoms with Crippen LogP contribution in [0.2, 0.25) is 5.02 Å². The van der Waals surface area contributed by atoms with Crippen LogP contribution >= 0.6 is 34.7 Å². The highest BCUT2D eigenvalue weighted by atomic mass is 35.5. The second-order valence-electron chi connectivity index (χ2n) is 2.90. The predicted octanol–water partition coefficient (Wildman–Crippen LogP) is 3.77. The van der Waals surface area contributed by atoms with E-state index in [1.54, 1.807) is 23.1 Å². The molecule has 0 saturated heterocycles. The largest absolute Gasteiger partial charge is 0.392 e. The van der Waals surface area contributed by atoms with Gasteiger partial charge in [-0.25, -0.2) is 0 Å². The van der Waals surface area contributed by atoms with Gasteiger partial charge in [0.2, 0.25) is 0 Å². The fourth-order valence-corrected chi connectivity index (χ4v) is 3.71. The van der Waals surface area contributed by atoms with Gasteiger partial charge in [-0.15, -0.1) is 23.1 Å². The second-order valence-corrected chi connectivity index (χ2v) is 5.10. The molecule has 0 aliphatic rings. The Bertz CT molecular complexity index is 464. The lowest BCUT2D eigenvalue weighted by atomic mass is 10.1. The van der Waals surface area contributed by atoms with E-state index in [0.29, 0.717) is 5.02 Å². The molecule has 0 unspecified atom stereocenters. The summed E-state index contributed by atoms with van der Waals surface area (Å²) < 4.78 is 1.14. The van der Waals surface area contributed by atoms with Crippen LogP contribution in [0.3, 0.4) is 0 Å². The van der Waals surface area contributed by atoms with Crippen molar-refractivity contribution in [2.75, 3.05) is 6.26 Å². The molecule has 4 heteroatoms. The van der Waals surface area contributed by atoms with Gasteiger partial charge in [0.1, 0.15) is 0 Å². The van der Waals surface area contributed by atoms with E-state index in [4.69, 9.17) is 11.6 Å². The molecule has 1 N–H and O–H groups in total. The SMILES string of the molecule is CSc1csc2cc(Cl)cc(CO)c12. The number of thioether (sulfide) groups is 1. The molecule has 74 valence electrons. The summed E-state index contributed by atoms with van der Waals surface area (Å²) in [4.78, 5) is 1.21. The number of thiophene rings is 1. The summed E-state index contributed by atoms with van der Waals surface area (Å²) in [5.41, 5.74) is 0.915. The minimum Gasteiger partial charge on any atom is -0.392 e. The molecule has 2 rings (SSSR count). The van der Waals surface area contributed by atoms with E-state index in [1.807, 2.05) is 18.4 Å². The molecular weight excluding hydrogens is 236 g/mol. The Morgan fingerprint density at radius 3 is 2.93 bits per heavy atom. The molecule has 2 aromatic rings. The van der Waals surface area contributed by atoms with Gasteiger partial charge in [0.25, 0.3) is 0 Å². The van der Waals surface area contributed by atoms with Crippen molar-refractivity contribution in [3.05, 3.63) is 28.1 Å². The van der Waals surface area contributed by atoms with E-state index in [0.717, 1.165) is 15.6 Å². The maximum atomic E-state index is 9.24. The van der Waals surface area contributed by atoms with Crippen LogP contribution in [0.1, 0.15) is 5.56 Å². The van der Waals surface area contributed by atoms with Crippen LogP contribution in [0.15, 0.2) is 22.4 Å². The van der Waals surface area contributed by atoms with Crippen molar-refractivity contribution in [1.82, 2.24) is 0 Å². The first kappa shape index (κ1) is 10.3. The Morgan fingerprint density at radius 1 is 1.50 bits per heavy atom. The fraction of sp³-hybridized carbons (Fsp3) is 0.200. The number of hydrogen-bond acceptors (Lipinski definition) is 3. The molecule has 1 nitrogen and oxygen atoms in total. The van der Waals surface area contributed by atoms with Gasteiger partial charge < -0.3 is 5.11 Å². The first-order valence-corrected chi connectivity index (χ1v) is 6.59. The lowest BCUT2D eigenvalue weighted by molar-refractivity contribution is 0.283. The van der Waals surface area contributed by atoms with Gasteiger partial charge in [-0.2, -0.15) is 0 Å². The van der Waals surface area contributed by atoms with Gasteiger partial charge in [0, 0.05) is 25.4 Å². The number of benzene rings is 1. The Balaban J connectivity index is 2.78. The lowest BCUT2D eigenvalue weighted by Crippen LogP contribution is -1.84. The Kier molecular flexibility index (Phi) is 3.02. The summed E-state index contributed by atoms with van der Waals surface area (Å²) in [6.07, 6.45) is 2.04. The van der Waals surface area contributed by atoms with E-state index in [1.165, 1.54) is 4.90 Å². The van der Waals surface area contributed by atoms with Crippen molar-refractivity contribution in [2.45, 2.75) is 11.5 Å². The summed E-state index contributed by atoms with van der Waals surface area (Å²) in [5.74, 6) is 0. The lowest BCUT2D eigenvalue weighted by Gasteiger charge is -2.02. The maximum Gasteiger partial charge on any atom is 0.0689 e. The van der Waals surface area contributed by atoms with E-state index < -0.39 is 0 Å². The van der Waals surface area contributed by atoms with Gasteiger partial charge in [-0.3, -0.25) is 0 Å². The van der Waals surface area contributed by atoms with Crippen molar-refractivity contribution >= 4 is 44.8 Å². The molecule has 1 aromatic carbocycles. The number of rotatable bonds is 2. The quantitative estimate of drug-likeness (QED) is 0.812. The molecule has 0 aliphatic heterocycles. The molecule has 0 saturated carbocycles. The van der Waals surface area contributed by atoms with Crippen LogP contribution in [-0.4, -0.2) is 11.4 Å². The van der Waals surface area contributed by atoms with Crippen molar-refractivity contribution in [2.24, 2.45) is 0 Å². The number of fused-ring (bicyclic) bond motifs is 1. The third-order valence-electron chi connectivity index (χ3n) is 2.08. The van der Waals surface area contributed by atoms with Crippen molar-refractivity contribution in [3.8, 4) is 0 Å². The molecule has 0 atom stereocenters. The average Bonchev–Trinajstić information content (AvgIpc) is 2.59. The highest BCUT2D eigenvalue weighted by Gasteiger charge is 2.08. The molecular formula is C10H9ClOS2. The van der Waals surface area contributed by atoms with Crippen molar-refractivity contribution in [3.63, 3.8) is 0 Å². The third-order valence-corrected chi connectivity index (χ3v) is 4.14. The van der Waals surface area contributed by atoms with Crippen LogP contribution in [0.5, 0.6) is 0 Å². The van der Waals surface area contributed by atoms with Gasteiger partial charge in [0.15, 0.2) is 0 Å². The van der Waals surface area contributed by atoms with E-state index >= 15 is 0 Å². The molecule has 0 amide bonds. The zero-order valence-electron chi connectivity index (χ0n) is 7.58. The first-order chi connectivity index (χ1) is 6.76. The van der Waals surface area contributed by atoms with Crippen LogP contribution < -0.4 is 0 Å². The van der Waals surface area contributed by atoms with Crippen LogP contribution in [0.4, 0.5) is 0 Å². The molecule has 0 radical (unpaired) electrons.